The van der Waals surface area contributed by atoms with Gasteiger partial charge in [0.2, 0.25) is 5.91 Å². The first-order valence-corrected chi connectivity index (χ1v) is 7.55. The first kappa shape index (κ1) is 16.5. The Morgan fingerprint density at radius 2 is 2.09 bits per heavy atom. The summed E-state index contributed by atoms with van der Waals surface area (Å²) in [5.74, 6) is -0.0867. The summed E-state index contributed by atoms with van der Waals surface area (Å²) < 4.78 is 1.65. The van der Waals surface area contributed by atoms with Gasteiger partial charge in [-0.3, -0.25) is 9.59 Å². The zero-order valence-corrected chi connectivity index (χ0v) is 13.1. The summed E-state index contributed by atoms with van der Waals surface area (Å²) in [4.78, 5) is 23.6. The molecule has 2 aromatic rings. The fourth-order valence-electron chi connectivity index (χ4n) is 2.25. The third-order valence-electron chi connectivity index (χ3n) is 3.48. The van der Waals surface area contributed by atoms with Gasteiger partial charge in [-0.15, -0.1) is 0 Å². The number of nitriles is 1. The van der Waals surface area contributed by atoms with Crippen molar-refractivity contribution in [1.82, 2.24) is 4.57 Å². The summed E-state index contributed by atoms with van der Waals surface area (Å²) >= 11 is 0. The fraction of sp³-hybridized carbons (Fsp3) is 0.278. The highest BCUT2D eigenvalue weighted by Crippen LogP contribution is 2.10. The summed E-state index contributed by atoms with van der Waals surface area (Å²) in [6, 6.07) is 12.4. The van der Waals surface area contributed by atoms with Gasteiger partial charge in [0.15, 0.2) is 0 Å². The Morgan fingerprint density at radius 3 is 2.83 bits per heavy atom. The second kappa shape index (κ2) is 7.95. The highest BCUT2D eigenvalue weighted by molar-refractivity contribution is 5.90. The average Bonchev–Trinajstić information content (AvgIpc) is 2.53. The average molecular weight is 309 g/mol. The zero-order valence-electron chi connectivity index (χ0n) is 13.1. The molecule has 0 aliphatic carbocycles. The lowest BCUT2D eigenvalue weighted by Gasteiger charge is -2.07. The number of anilines is 1. The third-order valence-corrected chi connectivity index (χ3v) is 3.48. The first-order valence-electron chi connectivity index (χ1n) is 7.55. The largest absolute Gasteiger partial charge is 0.326 e. The number of hydrogen-bond donors (Lipinski definition) is 1. The number of rotatable bonds is 6. The molecule has 1 amide bonds. The van der Waals surface area contributed by atoms with Crippen LogP contribution in [0, 0.1) is 18.3 Å². The standard InChI is InChI=1S/C18H19N3O2/c1-14-8-10-21(18(23)11-14)9-3-2-7-17(22)20-16-6-4-5-15(12-16)13-19/h4-6,8,10-12H,2-3,7,9H2,1H3,(H,20,22). The van der Waals surface area contributed by atoms with Crippen molar-refractivity contribution < 1.29 is 4.79 Å². The number of carbonyl (C=O) groups is 1. The van der Waals surface area contributed by atoms with Crippen LogP contribution in [-0.4, -0.2) is 10.5 Å². The van der Waals surface area contributed by atoms with Crippen LogP contribution in [0.2, 0.25) is 0 Å². The lowest BCUT2D eigenvalue weighted by atomic mass is 10.2. The van der Waals surface area contributed by atoms with Crippen molar-refractivity contribution in [2.75, 3.05) is 5.32 Å². The molecule has 5 heteroatoms. The Balaban J connectivity index is 1.76. The minimum atomic E-state index is -0.0867. The zero-order chi connectivity index (χ0) is 16.7. The summed E-state index contributed by atoms with van der Waals surface area (Å²) in [6.07, 6.45) is 3.63. The predicted octanol–water partition coefficient (Wildman–Crippen LogP) is 2.84. The van der Waals surface area contributed by atoms with E-state index in [0.29, 0.717) is 30.6 Å². The molecule has 1 N–H and O–H groups in total. The van der Waals surface area contributed by atoms with Crippen LogP contribution in [0.15, 0.2) is 47.4 Å². The van der Waals surface area contributed by atoms with Gasteiger partial charge in [0.25, 0.3) is 5.56 Å². The number of amides is 1. The van der Waals surface area contributed by atoms with Gasteiger partial charge in [0.05, 0.1) is 11.6 Å². The molecule has 0 fully saturated rings. The number of unbranched alkanes of at least 4 members (excludes halogenated alkanes) is 1. The van der Waals surface area contributed by atoms with E-state index in [9.17, 15) is 9.59 Å². The summed E-state index contributed by atoms with van der Waals surface area (Å²) in [5.41, 5.74) is 2.08. The molecule has 118 valence electrons. The quantitative estimate of drug-likeness (QED) is 0.834. The lowest BCUT2D eigenvalue weighted by molar-refractivity contribution is -0.116. The van der Waals surface area contributed by atoms with Crippen molar-refractivity contribution in [3.63, 3.8) is 0 Å². The van der Waals surface area contributed by atoms with E-state index in [0.717, 1.165) is 12.0 Å². The van der Waals surface area contributed by atoms with Gasteiger partial charge in [-0.2, -0.15) is 5.26 Å². The Bertz CT molecular complexity index is 787. The van der Waals surface area contributed by atoms with Crippen LogP contribution in [0.1, 0.15) is 30.4 Å². The molecule has 0 bridgehead atoms. The number of aryl methyl sites for hydroxylation is 2. The SMILES string of the molecule is Cc1ccn(CCCCC(=O)Nc2cccc(C#N)c2)c(=O)c1. The van der Waals surface area contributed by atoms with E-state index in [1.54, 1.807) is 41.1 Å². The molecule has 0 radical (unpaired) electrons. The number of nitrogens with zero attached hydrogens (tertiary/aromatic N) is 2. The Kier molecular flexibility index (Phi) is 5.70. The predicted molar refractivity (Wildman–Crippen MR) is 89.1 cm³/mol. The maximum Gasteiger partial charge on any atom is 0.250 e. The molecule has 0 aliphatic rings. The van der Waals surface area contributed by atoms with Gasteiger partial charge < -0.3 is 9.88 Å². The monoisotopic (exact) mass is 309 g/mol. The van der Waals surface area contributed by atoms with Crippen LogP contribution in [-0.2, 0) is 11.3 Å². The summed E-state index contributed by atoms with van der Waals surface area (Å²) in [6.45, 7) is 2.49. The molecular formula is C18H19N3O2. The highest BCUT2D eigenvalue weighted by Gasteiger charge is 2.03. The minimum absolute atomic E-state index is 0.0113. The Hall–Kier alpha value is -2.87. The van der Waals surface area contributed by atoms with Crippen molar-refractivity contribution >= 4 is 11.6 Å². The molecule has 0 aliphatic heterocycles. The van der Waals surface area contributed by atoms with E-state index >= 15 is 0 Å². The highest BCUT2D eigenvalue weighted by atomic mass is 16.1. The molecule has 1 heterocycles. The van der Waals surface area contributed by atoms with Gasteiger partial charge in [0, 0.05) is 30.9 Å². The summed E-state index contributed by atoms with van der Waals surface area (Å²) in [7, 11) is 0. The van der Waals surface area contributed by atoms with Crippen LogP contribution >= 0.6 is 0 Å². The number of pyridine rings is 1. The minimum Gasteiger partial charge on any atom is -0.326 e. The van der Waals surface area contributed by atoms with Crippen LogP contribution in [0.4, 0.5) is 5.69 Å². The van der Waals surface area contributed by atoms with Gasteiger partial charge in [0.1, 0.15) is 0 Å². The third kappa shape index (κ3) is 5.11. The fourth-order valence-corrected chi connectivity index (χ4v) is 2.25. The van der Waals surface area contributed by atoms with Crippen LogP contribution in [0.25, 0.3) is 0 Å². The van der Waals surface area contributed by atoms with E-state index in [1.807, 2.05) is 19.1 Å². The topological polar surface area (TPSA) is 74.9 Å². The normalized spacial score (nSPS) is 10.1. The molecule has 0 unspecified atom stereocenters. The van der Waals surface area contributed by atoms with E-state index in [2.05, 4.69) is 5.32 Å². The number of benzene rings is 1. The molecule has 0 saturated carbocycles. The maximum absolute atomic E-state index is 11.9. The van der Waals surface area contributed by atoms with Crippen molar-refractivity contribution in [3.8, 4) is 6.07 Å². The molecular weight excluding hydrogens is 290 g/mol. The first-order chi connectivity index (χ1) is 11.1. The van der Waals surface area contributed by atoms with Gasteiger partial charge in [-0.1, -0.05) is 6.07 Å². The Morgan fingerprint density at radius 1 is 1.26 bits per heavy atom. The molecule has 5 nitrogen and oxygen atoms in total. The molecule has 2 rings (SSSR count). The van der Waals surface area contributed by atoms with Gasteiger partial charge in [-0.25, -0.2) is 0 Å². The van der Waals surface area contributed by atoms with Crippen molar-refractivity contribution in [3.05, 3.63) is 64.1 Å². The number of nitrogens with one attached hydrogen (secondary N) is 1. The van der Waals surface area contributed by atoms with Crippen LogP contribution in [0.3, 0.4) is 0 Å². The molecule has 0 atom stereocenters. The molecule has 0 spiro atoms. The van der Waals surface area contributed by atoms with Gasteiger partial charge >= 0.3 is 0 Å². The second-order valence-electron chi connectivity index (χ2n) is 5.43. The molecule has 1 aromatic heterocycles. The van der Waals surface area contributed by atoms with E-state index in [4.69, 9.17) is 5.26 Å². The van der Waals surface area contributed by atoms with Crippen molar-refractivity contribution in [2.45, 2.75) is 32.7 Å². The lowest BCUT2D eigenvalue weighted by Crippen LogP contribution is -2.19. The van der Waals surface area contributed by atoms with Crippen molar-refractivity contribution in [1.29, 1.82) is 5.26 Å². The van der Waals surface area contributed by atoms with E-state index in [-0.39, 0.29) is 11.5 Å². The van der Waals surface area contributed by atoms with Crippen molar-refractivity contribution in [2.24, 2.45) is 0 Å². The molecule has 0 saturated heterocycles. The van der Waals surface area contributed by atoms with Crippen LogP contribution in [0.5, 0.6) is 0 Å². The number of hydrogen-bond acceptors (Lipinski definition) is 3. The van der Waals surface area contributed by atoms with Gasteiger partial charge in [-0.05, 0) is 49.6 Å². The molecule has 1 aromatic carbocycles. The maximum atomic E-state index is 11.9. The smallest absolute Gasteiger partial charge is 0.250 e. The molecule has 23 heavy (non-hydrogen) atoms. The number of aromatic nitrogens is 1. The van der Waals surface area contributed by atoms with E-state index in [1.165, 1.54) is 0 Å². The Labute approximate surface area is 135 Å². The second-order valence-corrected chi connectivity index (χ2v) is 5.43. The number of carbonyl (C=O) groups excluding carboxylic acids is 1. The van der Waals surface area contributed by atoms with Crippen LogP contribution < -0.4 is 10.9 Å². The van der Waals surface area contributed by atoms with E-state index < -0.39 is 0 Å². The summed E-state index contributed by atoms with van der Waals surface area (Å²) in [5, 5.41) is 11.6.